The number of ether oxygens (including phenoxy) is 1. The Morgan fingerprint density at radius 2 is 1.91 bits per heavy atom. The lowest BCUT2D eigenvalue weighted by Gasteiger charge is -2.25. The molecule has 6 nitrogen and oxygen atoms in total. The second-order valence-electron chi connectivity index (χ2n) is 7.84. The summed E-state index contributed by atoms with van der Waals surface area (Å²) < 4.78 is 5.66. The molecular formula is C26H22Cl2N2O4. The summed E-state index contributed by atoms with van der Waals surface area (Å²) in [6, 6.07) is 14.4. The number of carbonyl (C=O) groups is 2. The number of likely N-dealkylation sites (tertiary alicyclic amines) is 1. The van der Waals surface area contributed by atoms with Crippen molar-refractivity contribution in [1.82, 2.24) is 9.88 Å². The normalized spacial score (nSPS) is 17.3. The van der Waals surface area contributed by atoms with Crippen LogP contribution in [0.15, 0.2) is 72.6 Å². The second kappa shape index (κ2) is 10.3. The molecule has 1 aliphatic heterocycles. The maximum absolute atomic E-state index is 13.2. The van der Waals surface area contributed by atoms with E-state index in [2.05, 4.69) is 4.98 Å². The number of hydrogen-bond donors (Lipinski definition) is 1. The van der Waals surface area contributed by atoms with Gasteiger partial charge in [0.25, 0.3) is 11.7 Å². The summed E-state index contributed by atoms with van der Waals surface area (Å²) in [5.41, 5.74) is 1.64. The van der Waals surface area contributed by atoms with Gasteiger partial charge in [-0.05, 0) is 47.9 Å². The van der Waals surface area contributed by atoms with Crippen LogP contribution in [-0.2, 0) is 16.1 Å². The molecule has 1 N–H and O–H groups in total. The molecule has 0 aliphatic carbocycles. The molecule has 8 heteroatoms. The number of nitrogens with zero attached hydrogens (tertiary/aromatic N) is 2. The SMILES string of the molecule is CCCOc1cccc(C(O)=C2C(=O)C(=O)N(Cc3cccnc3)C2c2ccc(Cl)c(Cl)c2)c1. The zero-order valence-electron chi connectivity index (χ0n) is 18.4. The van der Waals surface area contributed by atoms with Crippen LogP contribution in [0.3, 0.4) is 0 Å². The lowest BCUT2D eigenvalue weighted by atomic mass is 9.95. The van der Waals surface area contributed by atoms with Gasteiger partial charge in [0.1, 0.15) is 11.5 Å². The molecular weight excluding hydrogens is 475 g/mol. The van der Waals surface area contributed by atoms with Gasteiger partial charge in [0, 0.05) is 24.5 Å². The molecule has 0 bridgehead atoms. The Bertz CT molecular complexity index is 1260. The molecule has 0 saturated carbocycles. The molecule has 0 radical (unpaired) electrons. The van der Waals surface area contributed by atoms with Gasteiger partial charge in [-0.15, -0.1) is 0 Å². The molecule has 1 unspecified atom stereocenters. The highest BCUT2D eigenvalue weighted by Crippen LogP contribution is 2.42. The number of carbonyl (C=O) groups excluding carboxylic acids is 2. The summed E-state index contributed by atoms with van der Waals surface area (Å²) in [4.78, 5) is 31.8. The Labute approximate surface area is 207 Å². The third kappa shape index (κ3) is 4.79. The number of amides is 1. The molecule has 1 aliphatic rings. The van der Waals surface area contributed by atoms with Crippen LogP contribution in [0.1, 0.15) is 36.1 Å². The van der Waals surface area contributed by atoms with Gasteiger partial charge in [0.15, 0.2) is 0 Å². The first-order valence-corrected chi connectivity index (χ1v) is 11.5. The molecule has 2 heterocycles. The van der Waals surface area contributed by atoms with Crippen molar-refractivity contribution in [3.05, 3.63) is 99.3 Å². The van der Waals surface area contributed by atoms with Crippen LogP contribution in [0.2, 0.25) is 10.0 Å². The summed E-state index contributed by atoms with van der Waals surface area (Å²) in [5, 5.41) is 11.9. The van der Waals surface area contributed by atoms with Crippen molar-refractivity contribution >= 4 is 40.7 Å². The zero-order chi connectivity index (χ0) is 24.2. The minimum Gasteiger partial charge on any atom is -0.507 e. The van der Waals surface area contributed by atoms with Gasteiger partial charge in [-0.1, -0.05) is 54.4 Å². The zero-order valence-corrected chi connectivity index (χ0v) is 19.9. The van der Waals surface area contributed by atoms with E-state index in [1.165, 1.54) is 4.90 Å². The fourth-order valence-corrected chi connectivity index (χ4v) is 4.18. The Hall–Kier alpha value is -3.35. The number of pyridine rings is 1. The van der Waals surface area contributed by atoms with Crippen molar-refractivity contribution in [1.29, 1.82) is 0 Å². The molecule has 34 heavy (non-hydrogen) atoms. The minimum absolute atomic E-state index is 0.0279. The van der Waals surface area contributed by atoms with Gasteiger partial charge >= 0.3 is 0 Å². The van der Waals surface area contributed by atoms with E-state index >= 15 is 0 Å². The number of aromatic nitrogens is 1. The van der Waals surface area contributed by atoms with E-state index < -0.39 is 17.7 Å². The third-order valence-corrected chi connectivity index (χ3v) is 6.19. The van der Waals surface area contributed by atoms with Crippen LogP contribution < -0.4 is 4.74 Å². The first-order valence-electron chi connectivity index (χ1n) is 10.8. The van der Waals surface area contributed by atoms with Gasteiger partial charge in [0.2, 0.25) is 0 Å². The molecule has 1 amide bonds. The van der Waals surface area contributed by atoms with Gasteiger partial charge in [-0.2, -0.15) is 0 Å². The van der Waals surface area contributed by atoms with Crippen molar-refractivity contribution in [2.45, 2.75) is 25.9 Å². The number of Topliss-reactive ketones (excluding diaryl/α,β-unsaturated/α-hetero) is 1. The predicted molar refractivity (Wildman–Crippen MR) is 131 cm³/mol. The number of benzene rings is 2. The quantitative estimate of drug-likeness (QED) is 0.254. The van der Waals surface area contributed by atoms with Crippen LogP contribution in [0.5, 0.6) is 5.75 Å². The number of ketones is 1. The Balaban J connectivity index is 1.84. The van der Waals surface area contributed by atoms with Gasteiger partial charge in [0.05, 0.1) is 28.3 Å². The lowest BCUT2D eigenvalue weighted by molar-refractivity contribution is -0.140. The first-order chi connectivity index (χ1) is 16.4. The Morgan fingerprint density at radius 3 is 2.62 bits per heavy atom. The topological polar surface area (TPSA) is 79.7 Å². The Kier molecular flexibility index (Phi) is 7.20. The fourth-order valence-electron chi connectivity index (χ4n) is 3.87. The van der Waals surface area contributed by atoms with Crippen molar-refractivity contribution in [2.75, 3.05) is 6.61 Å². The summed E-state index contributed by atoms with van der Waals surface area (Å²) in [5.74, 6) is -1.23. The molecule has 174 valence electrons. The summed E-state index contributed by atoms with van der Waals surface area (Å²) in [7, 11) is 0. The molecule has 2 aromatic carbocycles. The minimum atomic E-state index is -0.866. The maximum Gasteiger partial charge on any atom is 0.295 e. The van der Waals surface area contributed by atoms with E-state index in [0.29, 0.717) is 28.5 Å². The van der Waals surface area contributed by atoms with Crippen LogP contribution in [0.4, 0.5) is 0 Å². The van der Waals surface area contributed by atoms with E-state index in [1.807, 2.05) is 13.0 Å². The van der Waals surface area contributed by atoms with Crippen molar-refractivity contribution in [3.8, 4) is 5.75 Å². The standard InChI is InChI=1S/C26H22Cl2N2O4/c1-2-11-34-19-7-3-6-18(12-19)24(31)22-23(17-8-9-20(27)21(28)13-17)30(26(33)25(22)32)15-16-5-4-10-29-14-16/h3-10,12-14,23,31H,2,11,15H2,1H3. The van der Waals surface area contributed by atoms with Gasteiger partial charge in [-0.3, -0.25) is 14.6 Å². The number of aliphatic hydroxyl groups is 1. The largest absolute Gasteiger partial charge is 0.507 e. The molecule has 0 spiro atoms. The summed E-state index contributed by atoms with van der Waals surface area (Å²) in [6.07, 6.45) is 4.08. The van der Waals surface area contributed by atoms with Gasteiger partial charge in [-0.25, -0.2) is 0 Å². The molecule has 3 aromatic rings. The molecule has 1 aromatic heterocycles. The van der Waals surface area contributed by atoms with E-state index in [1.54, 1.807) is 60.9 Å². The maximum atomic E-state index is 13.2. The highest BCUT2D eigenvalue weighted by molar-refractivity contribution is 6.46. The van der Waals surface area contributed by atoms with Crippen molar-refractivity contribution in [2.24, 2.45) is 0 Å². The monoisotopic (exact) mass is 496 g/mol. The van der Waals surface area contributed by atoms with Crippen LogP contribution in [0, 0.1) is 0 Å². The fraction of sp³-hybridized carbons (Fsp3) is 0.192. The van der Waals surface area contributed by atoms with E-state index in [0.717, 1.165) is 12.0 Å². The Morgan fingerprint density at radius 1 is 1.09 bits per heavy atom. The van der Waals surface area contributed by atoms with Crippen molar-refractivity contribution < 1.29 is 19.4 Å². The van der Waals surface area contributed by atoms with E-state index in [9.17, 15) is 14.7 Å². The van der Waals surface area contributed by atoms with Crippen LogP contribution >= 0.6 is 23.2 Å². The molecule has 1 atom stereocenters. The number of hydrogen-bond acceptors (Lipinski definition) is 5. The van der Waals surface area contributed by atoms with Crippen molar-refractivity contribution in [3.63, 3.8) is 0 Å². The number of rotatable bonds is 7. The highest BCUT2D eigenvalue weighted by atomic mass is 35.5. The van der Waals surface area contributed by atoms with Crippen LogP contribution in [0.25, 0.3) is 5.76 Å². The van der Waals surface area contributed by atoms with E-state index in [4.69, 9.17) is 27.9 Å². The number of halogens is 2. The predicted octanol–water partition coefficient (Wildman–Crippen LogP) is 5.80. The highest BCUT2D eigenvalue weighted by Gasteiger charge is 2.46. The average Bonchev–Trinajstić information content (AvgIpc) is 3.09. The molecule has 4 rings (SSSR count). The third-order valence-electron chi connectivity index (χ3n) is 5.46. The van der Waals surface area contributed by atoms with E-state index in [-0.39, 0.29) is 22.9 Å². The van der Waals surface area contributed by atoms with Gasteiger partial charge < -0.3 is 14.7 Å². The lowest BCUT2D eigenvalue weighted by Crippen LogP contribution is -2.29. The molecule has 1 fully saturated rings. The smallest absolute Gasteiger partial charge is 0.295 e. The second-order valence-corrected chi connectivity index (χ2v) is 8.65. The first kappa shape index (κ1) is 23.8. The summed E-state index contributed by atoms with van der Waals surface area (Å²) in [6.45, 7) is 2.63. The average molecular weight is 497 g/mol. The van der Waals surface area contributed by atoms with Crippen LogP contribution in [-0.4, -0.2) is 33.3 Å². The number of aliphatic hydroxyl groups excluding tert-OH is 1. The molecule has 1 saturated heterocycles. The summed E-state index contributed by atoms with van der Waals surface area (Å²) >= 11 is 12.4.